The van der Waals surface area contributed by atoms with Crippen LogP contribution in [0, 0.1) is 5.92 Å². The van der Waals surface area contributed by atoms with Crippen molar-refractivity contribution in [3.63, 3.8) is 0 Å². The molecule has 0 amide bonds. The van der Waals surface area contributed by atoms with Crippen LogP contribution >= 0.6 is 27.3 Å². The minimum absolute atomic E-state index is 0.864. The van der Waals surface area contributed by atoms with Gasteiger partial charge in [-0.25, -0.2) is 0 Å². The summed E-state index contributed by atoms with van der Waals surface area (Å²) < 4.78 is 0.866. The third-order valence-electron chi connectivity index (χ3n) is 2.72. The van der Waals surface area contributed by atoms with Gasteiger partial charge in [0.2, 0.25) is 5.13 Å². The first-order chi connectivity index (χ1) is 6.75. The van der Waals surface area contributed by atoms with Gasteiger partial charge in [0.15, 0.2) is 3.92 Å². The molecule has 1 saturated carbocycles. The molecule has 0 radical (unpaired) electrons. The molecule has 14 heavy (non-hydrogen) atoms. The molecule has 1 aliphatic rings. The van der Waals surface area contributed by atoms with E-state index in [9.17, 15) is 0 Å². The standard InChI is InChI=1S/C9H14BrN3S/c1-13(6-7-4-2-3-5-7)9-12-11-8(10)14-9/h7H,2-6H2,1H3. The van der Waals surface area contributed by atoms with Gasteiger partial charge >= 0.3 is 0 Å². The molecule has 0 atom stereocenters. The molecule has 0 aromatic carbocycles. The normalized spacial score (nSPS) is 17.6. The Morgan fingerprint density at radius 1 is 1.43 bits per heavy atom. The van der Waals surface area contributed by atoms with Crippen molar-refractivity contribution in [1.82, 2.24) is 10.2 Å². The fourth-order valence-electron chi connectivity index (χ4n) is 2.01. The average molecular weight is 276 g/mol. The van der Waals surface area contributed by atoms with Gasteiger partial charge in [-0.15, -0.1) is 10.2 Å². The van der Waals surface area contributed by atoms with Crippen molar-refractivity contribution in [2.75, 3.05) is 18.5 Å². The van der Waals surface area contributed by atoms with Crippen LogP contribution in [0.5, 0.6) is 0 Å². The highest BCUT2D eigenvalue weighted by Gasteiger charge is 2.18. The Balaban J connectivity index is 1.91. The molecule has 1 aromatic rings. The first-order valence-corrected chi connectivity index (χ1v) is 6.57. The molecule has 1 aromatic heterocycles. The lowest BCUT2D eigenvalue weighted by Crippen LogP contribution is -2.23. The van der Waals surface area contributed by atoms with Crippen LogP contribution in [0.25, 0.3) is 0 Å². The first-order valence-electron chi connectivity index (χ1n) is 4.96. The summed E-state index contributed by atoms with van der Waals surface area (Å²) in [6, 6.07) is 0. The van der Waals surface area contributed by atoms with Crippen molar-refractivity contribution in [1.29, 1.82) is 0 Å². The number of aromatic nitrogens is 2. The average Bonchev–Trinajstić information content (AvgIpc) is 2.75. The maximum atomic E-state index is 4.11. The molecule has 1 fully saturated rings. The van der Waals surface area contributed by atoms with Crippen LogP contribution in [0.3, 0.4) is 0 Å². The summed E-state index contributed by atoms with van der Waals surface area (Å²) in [4.78, 5) is 2.22. The molecule has 0 bridgehead atoms. The fourth-order valence-corrected chi connectivity index (χ4v) is 3.07. The van der Waals surface area contributed by atoms with Gasteiger partial charge < -0.3 is 4.90 Å². The van der Waals surface area contributed by atoms with E-state index in [1.807, 2.05) is 0 Å². The van der Waals surface area contributed by atoms with Crippen molar-refractivity contribution >= 4 is 32.4 Å². The molecule has 0 unspecified atom stereocenters. The molecular formula is C9H14BrN3S. The predicted molar refractivity (Wildman–Crippen MR) is 62.8 cm³/mol. The molecule has 3 nitrogen and oxygen atoms in total. The second-order valence-electron chi connectivity index (χ2n) is 3.87. The Morgan fingerprint density at radius 3 is 2.71 bits per heavy atom. The second kappa shape index (κ2) is 4.57. The van der Waals surface area contributed by atoms with E-state index >= 15 is 0 Å². The van der Waals surface area contributed by atoms with Crippen molar-refractivity contribution in [3.8, 4) is 0 Å². The van der Waals surface area contributed by atoms with Gasteiger partial charge in [0.25, 0.3) is 0 Å². The predicted octanol–water partition coefficient (Wildman–Crippen LogP) is 2.93. The quantitative estimate of drug-likeness (QED) is 0.850. The SMILES string of the molecule is CN(CC1CCCC1)c1nnc(Br)s1. The monoisotopic (exact) mass is 275 g/mol. The van der Waals surface area contributed by atoms with E-state index in [0.29, 0.717) is 0 Å². The van der Waals surface area contributed by atoms with Crippen LogP contribution in [0.1, 0.15) is 25.7 Å². The van der Waals surface area contributed by atoms with Gasteiger partial charge in [-0.1, -0.05) is 24.2 Å². The molecule has 0 N–H and O–H groups in total. The number of hydrogen-bond donors (Lipinski definition) is 0. The van der Waals surface area contributed by atoms with Gasteiger partial charge in [0.05, 0.1) is 0 Å². The van der Waals surface area contributed by atoms with Crippen LogP contribution in [0.15, 0.2) is 3.92 Å². The fraction of sp³-hybridized carbons (Fsp3) is 0.778. The first kappa shape index (κ1) is 10.4. The van der Waals surface area contributed by atoms with Crippen LogP contribution < -0.4 is 4.90 Å². The van der Waals surface area contributed by atoms with Gasteiger partial charge in [-0.2, -0.15) is 0 Å². The van der Waals surface area contributed by atoms with E-state index in [1.54, 1.807) is 11.3 Å². The van der Waals surface area contributed by atoms with Crippen LogP contribution in [0.2, 0.25) is 0 Å². The number of nitrogens with zero attached hydrogens (tertiary/aromatic N) is 3. The Hall–Kier alpha value is -0.160. The highest BCUT2D eigenvalue weighted by Crippen LogP contribution is 2.28. The third kappa shape index (κ3) is 2.45. The van der Waals surface area contributed by atoms with Crippen LogP contribution in [0.4, 0.5) is 5.13 Å². The number of halogens is 1. The number of rotatable bonds is 3. The summed E-state index contributed by atoms with van der Waals surface area (Å²) in [6.45, 7) is 1.13. The molecule has 5 heteroatoms. The molecule has 2 rings (SSSR count). The minimum Gasteiger partial charge on any atom is -0.349 e. The lowest BCUT2D eigenvalue weighted by atomic mass is 10.1. The van der Waals surface area contributed by atoms with Gasteiger partial charge in [0, 0.05) is 13.6 Å². The van der Waals surface area contributed by atoms with Crippen molar-refractivity contribution in [3.05, 3.63) is 3.92 Å². The van der Waals surface area contributed by atoms with E-state index in [-0.39, 0.29) is 0 Å². The molecule has 0 saturated heterocycles. The van der Waals surface area contributed by atoms with E-state index < -0.39 is 0 Å². The Kier molecular flexibility index (Phi) is 3.38. The zero-order chi connectivity index (χ0) is 9.97. The Labute approximate surface area is 96.7 Å². The van der Waals surface area contributed by atoms with E-state index in [2.05, 4.69) is 38.1 Å². The molecule has 0 spiro atoms. The molecule has 78 valence electrons. The lowest BCUT2D eigenvalue weighted by Gasteiger charge is -2.19. The highest BCUT2D eigenvalue weighted by atomic mass is 79.9. The molecule has 1 heterocycles. The van der Waals surface area contributed by atoms with Crippen LogP contribution in [-0.2, 0) is 0 Å². The topological polar surface area (TPSA) is 29.0 Å². The van der Waals surface area contributed by atoms with E-state index in [0.717, 1.165) is 21.5 Å². The minimum atomic E-state index is 0.864. The summed E-state index contributed by atoms with van der Waals surface area (Å²) in [6.07, 6.45) is 5.56. The maximum absolute atomic E-state index is 4.11. The smallest absolute Gasteiger partial charge is 0.208 e. The van der Waals surface area contributed by atoms with Gasteiger partial charge in [-0.05, 0) is 34.7 Å². The summed E-state index contributed by atoms with van der Waals surface area (Å²) >= 11 is 4.93. The lowest BCUT2D eigenvalue weighted by molar-refractivity contribution is 0.546. The van der Waals surface area contributed by atoms with Crippen molar-refractivity contribution in [2.24, 2.45) is 5.92 Å². The van der Waals surface area contributed by atoms with Crippen LogP contribution in [-0.4, -0.2) is 23.8 Å². The molecular weight excluding hydrogens is 262 g/mol. The maximum Gasteiger partial charge on any atom is 0.208 e. The third-order valence-corrected chi connectivity index (χ3v) is 4.19. The van der Waals surface area contributed by atoms with Gasteiger partial charge in [0.1, 0.15) is 0 Å². The number of anilines is 1. The summed E-state index contributed by atoms with van der Waals surface area (Å²) in [7, 11) is 2.10. The Morgan fingerprint density at radius 2 is 2.14 bits per heavy atom. The second-order valence-corrected chi connectivity index (χ2v) is 6.10. The largest absolute Gasteiger partial charge is 0.349 e. The zero-order valence-electron chi connectivity index (χ0n) is 8.24. The highest BCUT2D eigenvalue weighted by molar-refractivity contribution is 9.11. The van der Waals surface area contributed by atoms with E-state index in [1.165, 1.54) is 25.7 Å². The summed E-state index contributed by atoms with van der Waals surface area (Å²) in [5.74, 6) is 0.864. The van der Waals surface area contributed by atoms with Crippen molar-refractivity contribution < 1.29 is 0 Å². The van der Waals surface area contributed by atoms with Gasteiger partial charge in [-0.3, -0.25) is 0 Å². The summed E-state index contributed by atoms with van der Waals surface area (Å²) in [5.41, 5.74) is 0. The number of hydrogen-bond acceptors (Lipinski definition) is 4. The molecule has 1 aliphatic carbocycles. The molecule has 0 aliphatic heterocycles. The van der Waals surface area contributed by atoms with Crippen molar-refractivity contribution in [2.45, 2.75) is 25.7 Å². The summed E-state index contributed by atoms with van der Waals surface area (Å²) in [5, 5.41) is 9.08. The Bertz CT molecular complexity index is 296. The zero-order valence-corrected chi connectivity index (χ0v) is 10.6. The van der Waals surface area contributed by atoms with E-state index in [4.69, 9.17) is 0 Å².